The summed E-state index contributed by atoms with van der Waals surface area (Å²) >= 11 is 1.55. The minimum atomic E-state index is -0.185. The van der Waals surface area contributed by atoms with Gasteiger partial charge in [0.2, 0.25) is 0 Å². The zero-order chi connectivity index (χ0) is 16.1. The van der Waals surface area contributed by atoms with E-state index in [-0.39, 0.29) is 6.03 Å². The third-order valence-electron chi connectivity index (χ3n) is 3.37. The molecule has 7 heteroatoms. The average Bonchev–Trinajstić information content (AvgIpc) is 2.98. The van der Waals surface area contributed by atoms with E-state index in [9.17, 15) is 4.79 Å². The Hall–Kier alpha value is -2.28. The minimum Gasteiger partial charge on any atom is -0.486 e. The first kappa shape index (κ1) is 15.6. The van der Waals surface area contributed by atoms with Crippen molar-refractivity contribution < 1.29 is 14.3 Å². The van der Waals surface area contributed by atoms with E-state index in [2.05, 4.69) is 15.6 Å². The predicted octanol–water partition coefficient (Wildman–Crippen LogP) is 2.26. The molecule has 2 amide bonds. The van der Waals surface area contributed by atoms with Gasteiger partial charge in [-0.3, -0.25) is 0 Å². The van der Waals surface area contributed by atoms with Crippen LogP contribution in [0.15, 0.2) is 23.6 Å². The summed E-state index contributed by atoms with van der Waals surface area (Å²) in [6.07, 6.45) is 0.737. The molecule has 0 atom stereocenters. The lowest BCUT2D eigenvalue weighted by atomic mass is 10.1. The number of carbonyl (C=O) groups is 1. The summed E-state index contributed by atoms with van der Waals surface area (Å²) in [4.78, 5) is 16.1. The second-order valence-electron chi connectivity index (χ2n) is 5.22. The lowest BCUT2D eigenvalue weighted by Gasteiger charge is -2.18. The first-order valence-electron chi connectivity index (χ1n) is 7.52. The number of carbonyl (C=O) groups excluding carboxylic acids is 1. The van der Waals surface area contributed by atoms with E-state index in [1.54, 1.807) is 11.3 Å². The molecule has 6 nitrogen and oxygen atoms in total. The number of hydrogen-bond acceptors (Lipinski definition) is 5. The molecule has 0 fully saturated rings. The number of urea groups is 1. The van der Waals surface area contributed by atoms with Crippen LogP contribution in [-0.2, 0) is 13.0 Å². The van der Waals surface area contributed by atoms with Crippen molar-refractivity contribution in [1.82, 2.24) is 15.6 Å². The Balaban J connectivity index is 1.41. The molecule has 1 aromatic heterocycles. The molecule has 0 bridgehead atoms. The molecular weight excluding hydrogens is 314 g/mol. The zero-order valence-electron chi connectivity index (χ0n) is 12.9. The van der Waals surface area contributed by atoms with Crippen LogP contribution in [0.3, 0.4) is 0 Å². The number of amides is 2. The van der Waals surface area contributed by atoms with Gasteiger partial charge in [0.05, 0.1) is 6.54 Å². The van der Waals surface area contributed by atoms with Crippen LogP contribution in [-0.4, -0.2) is 30.8 Å². The van der Waals surface area contributed by atoms with Crippen LogP contribution in [0, 0.1) is 6.92 Å². The van der Waals surface area contributed by atoms with Gasteiger partial charge in [0.1, 0.15) is 18.2 Å². The van der Waals surface area contributed by atoms with E-state index in [1.165, 1.54) is 0 Å². The van der Waals surface area contributed by atoms with Gasteiger partial charge in [-0.15, -0.1) is 11.3 Å². The molecule has 0 aliphatic carbocycles. The van der Waals surface area contributed by atoms with Crippen LogP contribution in [0.25, 0.3) is 0 Å². The Kier molecular flexibility index (Phi) is 4.97. The van der Waals surface area contributed by atoms with Gasteiger partial charge < -0.3 is 20.1 Å². The number of aryl methyl sites for hydroxylation is 1. The quantitative estimate of drug-likeness (QED) is 0.880. The van der Waals surface area contributed by atoms with Gasteiger partial charge in [-0.25, -0.2) is 9.78 Å². The fraction of sp³-hybridized carbons (Fsp3) is 0.375. The highest BCUT2D eigenvalue weighted by Crippen LogP contribution is 2.30. The van der Waals surface area contributed by atoms with Crippen LogP contribution in [0.1, 0.15) is 16.3 Å². The highest BCUT2D eigenvalue weighted by molar-refractivity contribution is 7.09. The number of hydrogen-bond donors (Lipinski definition) is 2. The summed E-state index contributed by atoms with van der Waals surface area (Å²) in [6, 6.07) is 5.68. The van der Waals surface area contributed by atoms with Gasteiger partial charge in [0.25, 0.3) is 0 Å². The number of benzene rings is 1. The van der Waals surface area contributed by atoms with E-state index in [4.69, 9.17) is 9.47 Å². The SMILES string of the molecule is Cc1csc(CNC(=O)NCCc2ccc3c(c2)OCCO3)n1. The number of fused-ring (bicyclic) bond motifs is 1. The maximum absolute atomic E-state index is 11.8. The third kappa shape index (κ3) is 4.35. The summed E-state index contributed by atoms with van der Waals surface area (Å²) in [7, 11) is 0. The Labute approximate surface area is 138 Å². The monoisotopic (exact) mass is 333 g/mol. The predicted molar refractivity (Wildman–Crippen MR) is 88.2 cm³/mol. The molecule has 0 radical (unpaired) electrons. The van der Waals surface area contributed by atoms with Crippen molar-refractivity contribution in [3.63, 3.8) is 0 Å². The van der Waals surface area contributed by atoms with Crippen molar-refractivity contribution in [2.75, 3.05) is 19.8 Å². The number of ether oxygens (including phenoxy) is 2. The molecule has 0 spiro atoms. The molecule has 0 saturated carbocycles. The van der Waals surface area contributed by atoms with Crippen LogP contribution in [0.2, 0.25) is 0 Å². The Bertz CT molecular complexity index is 687. The molecule has 1 aliphatic rings. The lowest BCUT2D eigenvalue weighted by Crippen LogP contribution is -2.36. The van der Waals surface area contributed by atoms with E-state index in [1.807, 2.05) is 30.5 Å². The van der Waals surface area contributed by atoms with Crippen molar-refractivity contribution in [3.05, 3.63) is 39.8 Å². The number of rotatable bonds is 5. The number of nitrogens with one attached hydrogen (secondary N) is 2. The maximum atomic E-state index is 11.8. The van der Waals surface area contributed by atoms with Gasteiger partial charge >= 0.3 is 6.03 Å². The van der Waals surface area contributed by atoms with Crippen molar-refractivity contribution in [2.45, 2.75) is 19.9 Å². The molecule has 1 aromatic carbocycles. The summed E-state index contributed by atoms with van der Waals surface area (Å²) in [5.41, 5.74) is 2.08. The molecule has 23 heavy (non-hydrogen) atoms. The lowest BCUT2D eigenvalue weighted by molar-refractivity contribution is 0.171. The number of aromatic nitrogens is 1. The normalized spacial score (nSPS) is 12.7. The van der Waals surface area contributed by atoms with Crippen LogP contribution >= 0.6 is 11.3 Å². The summed E-state index contributed by atoms with van der Waals surface area (Å²) in [6.45, 7) is 4.12. The maximum Gasteiger partial charge on any atom is 0.315 e. The molecule has 0 saturated heterocycles. The fourth-order valence-electron chi connectivity index (χ4n) is 2.27. The second kappa shape index (κ2) is 7.32. The van der Waals surface area contributed by atoms with Crippen molar-refractivity contribution in [3.8, 4) is 11.5 Å². The first-order chi connectivity index (χ1) is 11.2. The van der Waals surface area contributed by atoms with E-state index in [0.717, 1.165) is 34.2 Å². The largest absolute Gasteiger partial charge is 0.486 e. The molecule has 2 heterocycles. The standard InChI is InChI=1S/C16H19N3O3S/c1-11-10-23-15(19-11)9-18-16(20)17-5-4-12-2-3-13-14(8-12)22-7-6-21-13/h2-3,8,10H,4-7,9H2,1H3,(H2,17,18,20). The smallest absolute Gasteiger partial charge is 0.315 e. The molecule has 122 valence electrons. The summed E-state index contributed by atoms with van der Waals surface area (Å²) in [5.74, 6) is 1.56. The molecular formula is C16H19N3O3S. The van der Waals surface area contributed by atoms with Crippen LogP contribution in [0.4, 0.5) is 4.79 Å². The Morgan fingerprint density at radius 2 is 2.09 bits per heavy atom. The molecule has 0 unspecified atom stereocenters. The average molecular weight is 333 g/mol. The topological polar surface area (TPSA) is 72.5 Å². The van der Waals surface area contributed by atoms with Crippen molar-refractivity contribution in [1.29, 1.82) is 0 Å². The van der Waals surface area contributed by atoms with E-state index >= 15 is 0 Å². The minimum absolute atomic E-state index is 0.185. The number of nitrogens with zero attached hydrogens (tertiary/aromatic N) is 1. The van der Waals surface area contributed by atoms with Gasteiger partial charge in [-0.1, -0.05) is 6.07 Å². The van der Waals surface area contributed by atoms with Crippen molar-refractivity contribution in [2.24, 2.45) is 0 Å². The summed E-state index contributed by atoms with van der Waals surface area (Å²) in [5, 5.41) is 8.52. The Morgan fingerprint density at radius 1 is 1.26 bits per heavy atom. The molecule has 1 aliphatic heterocycles. The van der Waals surface area contributed by atoms with E-state index in [0.29, 0.717) is 26.3 Å². The number of thiazole rings is 1. The highest BCUT2D eigenvalue weighted by atomic mass is 32.1. The van der Waals surface area contributed by atoms with Gasteiger partial charge in [-0.05, 0) is 31.0 Å². The Morgan fingerprint density at radius 3 is 2.87 bits per heavy atom. The molecule has 3 rings (SSSR count). The fourth-order valence-corrected chi connectivity index (χ4v) is 2.98. The molecule has 2 aromatic rings. The van der Waals surface area contributed by atoms with Gasteiger partial charge in [0, 0.05) is 17.6 Å². The summed E-state index contributed by atoms with van der Waals surface area (Å²) < 4.78 is 11.0. The third-order valence-corrected chi connectivity index (χ3v) is 4.34. The van der Waals surface area contributed by atoms with Gasteiger partial charge in [0.15, 0.2) is 11.5 Å². The van der Waals surface area contributed by atoms with E-state index < -0.39 is 0 Å². The second-order valence-corrected chi connectivity index (χ2v) is 6.16. The first-order valence-corrected chi connectivity index (χ1v) is 8.40. The zero-order valence-corrected chi connectivity index (χ0v) is 13.7. The van der Waals surface area contributed by atoms with Crippen molar-refractivity contribution >= 4 is 17.4 Å². The van der Waals surface area contributed by atoms with Gasteiger partial charge in [-0.2, -0.15) is 0 Å². The molecule has 2 N–H and O–H groups in total. The van der Waals surface area contributed by atoms with Crippen LogP contribution < -0.4 is 20.1 Å². The van der Waals surface area contributed by atoms with Crippen LogP contribution in [0.5, 0.6) is 11.5 Å². The highest BCUT2D eigenvalue weighted by Gasteiger charge is 2.11.